The van der Waals surface area contributed by atoms with Gasteiger partial charge in [0.05, 0.1) is 0 Å². The minimum Gasteiger partial charge on any atom is -0.385 e. The monoisotopic (exact) mass is 286 g/mol. The normalized spacial score (nSPS) is 10.2. The molecule has 2 aromatic rings. The van der Waals surface area contributed by atoms with E-state index in [9.17, 15) is 9.18 Å². The van der Waals surface area contributed by atoms with E-state index in [0.29, 0.717) is 11.1 Å². The number of nitrogens with one attached hydrogen (secondary N) is 2. The van der Waals surface area contributed by atoms with Crippen molar-refractivity contribution in [2.45, 2.75) is 20.4 Å². The van der Waals surface area contributed by atoms with Crippen molar-refractivity contribution in [3.05, 3.63) is 65.0 Å². The first-order valence-corrected chi connectivity index (χ1v) is 6.98. The predicted molar refractivity (Wildman–Crippen MR) is 82.9 cm³/mol. The molecule has 0 heterocycles. The molecule has 0 spiro atoms. The Morgan fingerprint density at radius 3 is 2.62 bits per heavy atom. The van der Waals surface area contributed by atoms with Gasteiger partial charge in [0.1, 0.15) is 5.82 Å². The molecule has 0 atom stereocenters. The van der Waals surface area contributed by atoms with Gasteiger partial charge in [-0.2, -0.15) is 0 Å². The van der Waals surface area contributed by atoms with Crippen molar-refractivity contribution in [3.8, 4) is 0 Å². The first kappa shape index (κ1) is 15.0. The van der Waals surface area contributed by atoms with E-state index in [0.717, 1.165) is 17.8 Å². The van der Waals surface area contributed by atoms with E-state index in [2.05, 4.69) is 10.6 Å². The molecule has 0 saturated carbocycles. The molecule has 4 heteroatoms. The van der Waals surface area contributed by atoms with Gasteiger partial charge in [0.15, 0.2) is 0 Å². The molecule has 110 valence electrons. The Balaban J connectivity index is 2.04. The number of amides is 1. The molecular weight excluding hydrogens is 267 g/mol. The fraction of sp³-hybridized carbons (Fsp3) is 0.235. The second-order valence-electron chi connectivity index (χ2n) is 4.83. The SMILES string of the molecule is CCNc1ccc(C(=O)NCc2ccccc2F)cc1C. The summed E-state index contributed by atoms with van der Waals surface area (Å²) in [6, 6.07) is 11.9. The van der Waals surface area contributed by atoms with E-state index in [-0.39, 0.29) is 18.3 Å². The lowest BCUT2D eigenvalue weighted by atomic mass is 10.1. The van der Waals surface area contributed by atoms with Crippen molar-refractivity contribution in [2.24, 2.45) is 0 Å². The molecule has 0 radical (unpaired) electrons. The highest BCUT2D eigenvalue weighted by Crippen LogP contribution is 2.16. The summed E-state index contributed by atoms with van der Waals surface area (Å²) in [5.74, 6) is -0.513. The molecule has 0 saturated heterocycles. The van der Waals surface area contributed by atoms with Crippen LogP contribution in [0.5, 0.6) is 0 Å². The molecule has 3 nitrogen and oxygen atoms in total. The standard InChI is InChI=1S/C17H19FN2O/c1-3-19-16-9-8-13(10-12(16)2)17(21)20-11-14-6-4-5-7-15(14)18/h4-10,19H,3,11H2,1-2H3,(H,20,21). The van der Waals surface area contributed by atoms with E-state index in [1.165, 1.54) is 6.07 Å². The van der Waals surface area contributed by atoms with Gasteiger partial charge in [-0.05, 0) is 43.7 Å². The van der Waals surface area contributed by atoms with Crippen molar-refractivity contribution >= 4 is 11.6 Å². The highest BCUT2D eigenvalue weighted by molar-refractivity contribution is 5.94. The lowest BCUT2D eigenvalue weighted by molar-refractivity contribution is 0.0950. The largest absolute Gasteiger partial charge is 0.385 e. The van der Waals surface area contributed by atoms with E-state index < -0.39 is 0 Å². The molecule has 0 aliphatic heterocycles. The summed E-state index contributed by atoms with van der Waals surface area (Å²) in [5.41, 5.74) is 3.08. The fourth-order valence-corrected chi connectivity index (χ4v) is 2.11. The van der Waals surface area contributed by atoms with Crippen LogP contribution in [0.2, 0.25) is 0 Å². The number of rotatable bonds is 5. The third-order valence-electron chi connectivity index (χ3n) is 3.25. The molecular formula is C17H19FN2O. The summed E-state index contributed by atoms with van der Waals surface area (Å²) in [5, 5.41) is 5.96. The molecule has 0 fully saturated rings. The fourth-order valence-electron chi connectivity index (χ4n) is 2.11. The Bertz CT molecular complexity index is 640. The summed E-state index contributed by atoms with van der Waals surface area (Å²) < 4.78 is 13.5. The molecule has 0 aliphatic carbocycles. The molecule has 0 aliphatic rings. The zero-order chi connectivity index (χ0) is 15.2. The number of aryl methyl sites for hydroxylation is 1. The highest BCUT2D eigenvalue weighted by Gasteiger charge is 2.08. The van der Waals surface area contributed by atoms with Crippen LogP contribution in [-0.4, -0.2) is 12.5 Å². The maximum atomic E-state index is 13.5. The first-order chi connectivity index (χ1) is 10.1. The number of carbonyl (C=O) groups excluding carboxylic acids is 1. The van der Waals surface area contributed by atoms with Gasteiger partial charge in [-0.15, -0.1) is 0 Å². The van der Waals surface area contributed by atoms with Crippen LogP contribution in [0.4, 0.5) is 10.1 Å². The molecule has 1 amide bonds. The number of hydrogen-bond donors (Lipinski definition) is 2. The third kappa shape index (κ3) is 3.81. The van der Waals surface area contributed by atoms with Crippen molar-refractivity contribution in [3.63, 3.8) is 0 Å². The maximum Gasteiger partial charge on any atom is 0.251 e. The van der Waals surface area contributed by atoms with Gasteiger partial charge < -0.3 is 10.6 Å². The van der Waals surface area contributed by atoms with Gasteiger partial charge in [0.2, 0.25) is 0 Å². The van der Waals surface area contributed by atoms with Gasteiger partial charge >= 0.3 is 0 Å². The lowest BCUT2D eigenvalue weighted by Crippen LogP contribution is -2.23. The minimum absolute atomic E-state index is 0.180. The van der Waals surface area contributed by atoms with E-state index in [1.807, 2.05) is 26.0 Å². The van der Waals surface area contributed by atoms with Gasteiger partial charge in [-0.25, -0.2) is 4.39 Å². The van der Waals surface area contributed by atoms with Crippen LogP contribution in [-0.2, 0) is 6.54 Å². The zero-order valence-electron chi connectivity index (χ0n) is 12.2. The summed E-state index contributed by atoms with van der Waals surface area (Å²) in [4.78, 5) is 12.1. The average Bonchev–Trinajstić information content (AvgIpc) is 2.48. The van der Waals surface area contributed by atoms with Crippen LogP contribution < -0.4 is 10.6 Å². The molecule has 0 unspecified atom stereocenters. The van der Waals surface area contributed by atoms with Crippen LogP contribution in [0.1, 0.15) is 28.4 Å². The Kier molecular flexibility index (Phi) is 4.93. The maximum absolute atomic E-state index is 13.5. The van der Waals surface area contributed by atoms with Crippen LogP contribution in [0, 0.1) is 12.7 Å². The molecule has 2 aromatic carbocycles. The van der Waals surface area contributed by atoms with Crippen molar-refractivity contribution < 1.29 is 9.18 Å². The number of anilines is 1. The quantitative estimate of drug-likeness (QED) is 0.883. The van der Waals surface area contributed by atoms with Gasteiger partial charge in [0.25, 0.3) is 5.91 Å². The molecule has 2 N–H and O–H groups in total. The van der Waals surface area contributed by atoms with Crippen LogP contribution >= 0.6 is 0 Å². The van der Waals surface area contributed by atoms with Gasteiger partial charge in [-0.3, -0.25) is 4.79 Å². The zero-order valence-corrected chi connectivity index (χ0v) is 12.2. The van der Waals surface area contributed by atoms with Gasteiger partial charge in [0, 0.05) is 29.9 Å². The van der Waals surface area contributed by atoms with Crippen LogP contribution in [0.3, 0.4) is 0 Å². The van der Waals surface area contributed by atoms with Crippen molar-refractivity contribution in [1.29, 1.82) is 0 Å². The minimum atomic E-state index is -0.309. The van der Waals surface area contributed by atoms with Crippen LogP contribution in [0.15, 0.2) is 42.5 Å². The summed E-state index contributed by atoms with van der Waals surface area (Å²) in [7, 11) is 0. The summed E-state index contributed by atoms with van der Waals surface area (Å²) >= 11 is 0. The Labute approximate surface area is 124 Å². The van der Waals surface area contributed by atoms with E-state index in [1.54, 1.807) is 24.3 Å². The number of halogens is 1. The Hall–Kier alpha value is -2.36. The van der Waals surface area contributed by atoms with E-state index >= 15 is 0 Å². The second kappa shape index (κ2) is 6.88. The molecule has 0 aromatic heterocycles. The molecule has 0 bridgehead atoms. The Morgan fingerprint density at radius 2 is 1.95 bits per heavy atom. The average molecular weight is 286 g/mol. The number of benzene rings is 2. The smallest absolute Gasteiger partial charge is 0.251 e. The lowest BCUT2D eigenvalue weighted by Gasteiger charge is -2.10. The number of carbonyl (C=O) groups is 1. The second-order valence-corrected chi connectivity index (χ2v) is 4.83. The molecule has 21 heavy (non-hydrogen) atoms. The summed E-state index contributed by atoms with van der Waals surface area (Å²) in [6.45, 7) is 4.99. The van der Waals surface area contributed by atoms with E-state index in [4.69, 9.17) is 0 Å². The topological polar surface area (TPSA) is 41.1 Å². The van der Waals surface area contributed by atoms with Crippen molar-refractivity contribution in [2.75, 3.05) is 11.9 Å². The Morgan fingerprint density at radius 1 is 1.19 bits per heavy atom. The number of hydrogen-bond acceptors (Lipinski definition) is 2. The highest BCUT2D eigenvalue weighted by atomic mass is 19.1. The third-order valence-corrected chi connectivity index (χ3v) is 3.25. The molecule has 2 rings (SSSR count). The summed E-state index contributed by atoms with van der Waals surface area (Å²) in [6.07, 6.45) is 0. The van der Waals surface area contributed by atoms with Crippen molar-refractivity contribution in [1.82, 2.24) is 5.32 Å². The van der Waals surface area contributed by atoms with Gasteiger partial charge in [-0.1, -0.05) is 18.2 Å². The van der Waals surface area contributed by atoms with Crippen LogP contribution in [0.25, 0.3) is 0 Å². The first-order valence-electron chi connectivity index (χ1n) is 6.98. The predicted octanol–water partition coefficient (Wildman–Crippen LogP) is 3.50.